The lowest BCUT2D eigenvalue weighted by atomic mass is 9.93. The highest BCUT2D eigenvalue weighted by molar-refractivity contribution is 5.80. The molecular weight excluding hydrogens is 400 g/mol. The van der Waals surface area contributed by atoms with Gasteiger partial charge in [-0.1, -0.05) is 0 Å². The predicted molar refractivity (Wildman–Crippen MR) is 101 cm³/mol. The highest BCUT2D eigenvalue weighted by Crippen LogP contribution is 2.44. The maximum Gasteiger partial charge on any atom is 0.336 e. The smallest absolute Gasteiger partial charge is 0.336 e. The van der Waals surface area contributed by atoms with Gasteiger partial charge in [-0.2, -0.15) is 0 Å². The fourth-order valence-electron chi connectivity index (χ4n) is 3.87. The lowest BCUT2D eigenvalue weighted by Gasteiger charge is -2.44. The largest absolute Gasteiger partial charge is 0.484 e. The molecule has 1 fully saturated rings. The third kappa shape index (κ3) is 3.50. The Kier molecular flexibility index (Phi) is 5.35. The van der Waals surface area contributed by atoms with Gasteiger partial charge in [0.2, 0.25) is 0 Å². The summed E-state index contributed by atoms with van der Waals surface area (Å²) in [6.45, 7) is 2.62. The van der Waals surface area contributed by atoms with E-state index in [4.69, 9.17) is 18.6 Å². The van der Waals surface area contributed by atoms with Gasteiger partial charge in [0.25, 0.3) is 0 Å². The fraction of sp³-hybridized carbons (Fsp3) is 0.550. The maximum atomic E-state index is 11.5. The summed E-state index contributed by atoms with van der Waals surface area (Å²) >= 11 is 0. The maximum absolute atomic E-state index is 11.5. The molecule has 0 aliphatic carbocycles. The van der Waals surface area contributed by atoms with Gasteiger partial charge >= 0.3 is 5.63 Å². The van der Waals surface area contributed by atoms with E-state index in [1.807, 2.05) is 0 Å². The van der Waals surface area contributed by atoms with Crippen LogP contribution in [0.2, 0.25) is 0 Å². The lowest BCUT2D eigenvalue weighted by molar-refractivity contribution is -0.332. The van der Waals surface area contributed by atoms with Gasteiger partial charge in [0.05, 0.1) is 6.61 Å². The molecule has 0 amide bonds. The van der Waals surface area contributed by atoms with Gasteiger partial charge in [-0.3, -0.25) is 0 Å². The molecule has 0 spiro atoms. The molecule has 0 saturated carbocycles. The third-order valence-corrected chi connectivity index (χ3v) is 5.56. The van der Waals surface area contributed by atoms with Crippen molar-refractivity contribution in [2.75, 3.05) is 6.61 Å². The van der Waals surface area contributed by atoms with Crippen LogP contribution in [0.1, 0.15) is 25.5 Å². The van der Waals surface area contributed by atoms with Crippen molar-refractivity contribution >= 4 is 11.0 Å². The van der Waals surface area contributed by atoms with Crippen LogP contribution in [0.25, 0.3) is 11.0 Å². The Bertz CT molecular complexity index is 983. The molecule has 7 atom stereocenters. The summed E-state index contributed by atoms with van der Waals surface area (Å²) in [4.78, 5) is 11.5. The molecule has 30 heavy (non-hydrogen) atoms. The number of fused-ring (bicyclic) bond motifs is 2. The first-order valence-electron chi connectivity index (χ1n) is 9.53. The molecule has 10 heteroatoms. The van der Waals surface area contributed by atoms with Crippen LogP contribution < -0.4 is 10.4 Å². The second-order valence-electron chi connectivity index (χ2n) is 8.08. The van der Waals surface area contributed by atoms with E-state index in [0.29, 0.717) is 22.3 Å². The molecule has 2 aromatic rings. The van der Waals surface area contributed by atoms with Crippen molar-refractivity contribution in [3.63, 3.8) is 0 Å². The van der Waals surface area contributed by atoms with Crippen molar-refractivity contribution in [1.29, 1.82) is 0 Å². The number of benzene rings is 1. The summed E-state index contributed by atoms with van der Waals surface area (Å²) < 4.78 is 22.2. The minimum absolute atomic E-state index is 0.307. The van der Waals surface area contributed by atoms with Crippen LogP contribution >= 0.6 is 0 Å². The zero-order chi connectivity index (χ0) is 21.8. The molecule has 2 aliphatic heterocycles. The molecule has 1 aromatic heterocycles. The predicted octanol–water partition coefficient (Wildman–Crippen LogP) is -0.818. The van der Waals surface area contributed by atoms with E-state index in [0.717, 1.165) is 0 Å². The van der Waals surface area contributed by atoms with E-state index in [9.17, 15) is 30.3 Å². The van der Waals surface area contributed by atoms with Gasteiger partial charge in [0.15, 0.2) is 12.4 Å². The van der Waals surface area contributed by atoms with Crippen LogP contribution in [-0.2, 0) is 9.47 Å². The highest BCUT2D eigenvalue weighted by Gasteiger charge is 2.50. The minimum atomic E-state index is -1.59. The fourth-order valence-corrected chi connectivity index (χ4v) is 3.87. The van der Waals surface area contributed by atoms with Crippen LogP contribution in [-0.4, -0.2) is 74.6 Å². The number of hydrogen-bond acceptors (Lipinski definition) is 10. The number of ether oxygens (including phenoxy) is 3. The standard InChI is InChI=1S/C20H24O10/c1-20(2,30-19-17(26)16(25)15(24)12(7-21)29-19)18-14(23)9-5-8-3-4-13(22)27-10(8)6-11(9)28-18/h3-6,12,14-19,21,23-26H,7H2,1-2H3/t12-,14-,15-,16+,17-,18+,19+/m1/s1. The second kappa shape index (κ2) is 7.57. The normalized spacial score (nSPS) is 34.0. The van der Waals surface area contributed by atoms with E-state index >= 15 is 0 Å². The molecule has 2 aliphatic rings. The van der Waals surface area contributed by atoms with Gasteiger partial charge in [-0.25, -0.2) is 4.79 Å². The average molecular weight is 424 g/mol. The number of aliphatic hydroxyl groups is 5. The number of aliphatic hydroxyl groups excluding tert-OH is 5. The van der Waals surface area contributed by atoms with Gasteiger partial charge < -0.3 is 44.2 Å². The van der Waals surface area contributed by atoms with Gasteiger partial charge in [0, 0.05) is 23.1 Å². The third-order valence-electron chi connectivity index (χ3n) is 5.56. The molecule has 164 valence electrons. The van der Waals surface area contributed by atoms with Crippen LogP contribution in [0.15, 0.2) is 33.5 Å². The summed E-state index contributed by atoms with van der Waals surface area (Å²) in [5.74, 6) is 0.319. The van der Waals surface area contributed by atoms with Crippen molar-refractivity contribution in [2.24, 2.45) is 0 Å². The molecule has 5 N–H and O–H groups in total. The summed E-state index contributed by atoms with van der Waals surface area (Å²) in [6.07, 6.45) is -9.21. The van der Waals surface area contributed by atoms with Crippen molar-refractivity contribution in [2.45, 2.75) is 62.4 Å². The van der Waals surface area contributed by atoms with Gasteiger partial charge in [-0.05, 0) is 26.0 Å². The van der Waals surface area contributed by atoms with Crippen LogP contribution in [0.4, 0.5) is 0 Å². The summed E-state index contributed by atoms with van der Waals surface area (Å²) in [5, 5.41) is 50.9. The zero-order valence-corrected chi connectivity index (χ0v) is 16.3. The summed E-state index contributed by atoms with van der Waals surface area (Å²) in [5.41, 5.74) is -0.962. The van der Waals surface area contributed by atoms with Crippen LogP contribution in [0.3, 0.4) is 0 Å². The first kappa shape index (κ1) is 21.2. The molecule has 0 radical (unpaired) electrons. The van der Waals surface area contributed by atoms with Crippen molar-refractivity contribution in [3.8, 4) is 5.75 Å². The van der Waals surface area contributed by atoms with E-state index in [-0.39, 0.29) is 0 Å². The summed E-state index contributed by atoms with van der Waals surface area (Å²) in [6, 6.07) is 6.03. The Labute approximate surface area is 170 Å². The second-order valence-corrected chi connectivity index (χ2v) is 8.08. The summed E-state index contributed by atoms with van der Waals surface area (Å²) in [7, 11) is 0. The molecule has 3 heterocycles. The molecule has 1 saturated heterocycles. The van der Waals surface area contributed by atoms with Gasteiger partial charge in [0.1, 0.15) is 47.5 Å². The monoisotopic (exact) mass is 424 g/mol. The van der Waals surface area contributed by atoms with Crippen LogP contribution in [0, 0.1) is 0 Å². The van der Waals surface area contributed by atoms with E-state index < -0.39 is 60.7 Å². The highest BCUT2D eigenvalue weighted by atomic mass is 16.7. The van der Waals surface area contributed by atoms with E-state index in [1.54, 1.807) is 26.0 Å². The first-order chi connectivity index (χ1) is 14.1. The Morgan fingerprint density at radius 1 is 1.07 bits per heavy atom. The molecule has 0 bridgehead atoms. The molecule has 4 rings (SSSR count). The molecule has 10 nitrogen and oxygen atoms in total. The first-order valence-corrected chi connectivity index (χ1v) is 9.53. The minimum Gasteiger partial charge on any atom is -0.484 e. The van der Waals surface area contributed by atoms with Crippen LogP contribution in [0.5, 0.6) is 5.75 Å². The number of rotatable bonds is 4. The zero-order valence-electron chi connectivity index (χ0n) is 16.3. The van der Waals surface area contributed by atoms with E-state index in [2.05, 4.69) is 0 Å². The Morgan fingerprint density at radius 3 is 2.50 bits per heavy atom. The Morgan fingerprint density at radius 2 is 1.80 bits per heavy atom. The van der Waals surface area contributed by atoms with Crippen molar-refractivity contribution < 1.29 is 44.2 Å². The van der Waals surface area contributed by atoms with E-state index in [1.165, 1.54) is 12.1 Å². The Balaban J connectivity index is 1.58. The van der Waals surface area contributed by atoms with Crippen molar-refractivity contribution in [1.82, 2.24) is 0 Å². The Hall–Kier alpha value is -2.05. The quantitative estimate of drug-likeness (QED) is 0.393. The molecule has 0 unspecified atom stereocenters. The lowest BCUT2D eigenvalue weighted by Crippen LogP contribution is -2.61. The molecule has 1 aromatic carbocycles. The SMILES string of the molecule is CC(C)(O[C@@H]1O[C@H](CO)[C@@H](O)[C@H](O)[C@H]1O)[C@H]1Oc2cc3oc(=O)ccc3cc2[C@H]1O. The molecular formula is C20H24O10. The number of hydrogen-bond donors (Lipinski definition) is 5. The topological polar surface area (TPSA) is 159 Å². The average Bonchev–Trinajstić information content (AvgIpc) is 3.03. The van der Waals surface area contributed by atoms with Gasteiger partial charge in [-0.15, -0.1) is 0 Å². The van der Waals surface area contributed by atoms with Crippen molar-refractivity contribution in [3.05, 3.63) is 40.2 Å².